The van der Waals surface area contributed by atoms with Crippen molar-refractivity contribution in [3.05, 3.63) is 90.3 Å². The van der Waals surface area contributed by atoms with Gasteiger partial charge in [0.25, 0.3) is 0 Å². The van der Waals surface area contributed by atoms with Gasteiger partial charge in [-0.2, -0.15) is 18.3 Å². The Morgan fingerprint density at radius 3 is 2.36 bits per heavy atom. The van der Waals surface area contributed by atoms with Crippen LogP contribution in [0.4, 0.5) is 13.2 Å². The van der Waals surface area contributed by atoms with Crippen LogP contribution in [0.15, 0.2) is 79.1 Å². The van der Waals surface area contributed by atoms with Crippen molar-refractivity contribution >= 4 is 11.5 Å². The molecule has 28 heavy (non-hydrogen) atoms. The monoisotopic (exact) mass is 385 g/mol. The van der Waals surface area contributed by atoms with Crippen molar-refractivity contribution in [2.45, 2.75) is 12.6 Å². The molecule has 0 fully saturated rings. The molecule has 1 aromatic heterocycles. The summed E-state index contributed by atoms with van der Waals surface area (Å²) >= 11 is 0. The van der Waals surface area contributed by atoms with E-state index in [1.54, 1.807) is 16.9 Å². The van der Waals surface area contributed by atoms with E-state index in [1.165, 1.54) is 24.3 Å². The lowest BCUT2D eigenvalue weighted by Crippen LogP contribution is -2.25. The first-order chi connectivity index (χ1) is 13.4. The van der Waals surface area contributed by atoms with E-state index in [-0.39, 0.29) is 12.1 Å². The van der Waals surface area contributed by atoms with E-state index in [2.05, 4.69) is 10.4 Å². The third-order valence-corrected chi connectivity index (χ3v) is 4.08. The molecule has 0 bridgehead atoms. The number of benzene rings is 2. The zero-order chi connectivity index (χ0) is 20.0. The maximum atomic E-state index is 13.3. The highest BCUT2D eigenvalue weighted by molar-refractivity contribution is 5.96. The minimum Gasteiger partial charge on any atom is -0.352 e. The molecule has 144 valence electrons. The van der Waals surface area contributed by atoms with E-state index in [1.807, 2.05) is 36.5 Å². The van der Waals surface area contributed by atoms with Crippen molar-refractivity contribution in [2.75, 3.05) is 6.54 Å². The van der Waals surface area contributed by atoms with E-state index in [0.717, 1.165) is 11.3 Å². The van der Waals surface area contributed by atoms with Crippen molar-refractivity contribution in [3.63, 3.8) is 0 Å². The molecule has 1 heterocycles. The Morgan fingerprint density at radius 1 is 1.04 bits per heavy atom. The largest absolute Gasteiger partial charge is 0.417 e. The van der Waals surface area contributed by atoms with Crippen LogP contribution in [0.5, 0.6) is 0 Å². The summed E-state index contributed by atoms with van der Waals surface area (Å²) in [6.45, 7) is 0.233. The fraction of sp³-hybridized carbons (Fsp3) is 0.143. The van der Waals surface area contributed by atoms with E-state index in [0.29, 0.717) is 12.5 Å². The topological polar surface area (TPSA) is 46.9 Å². The number of carbonyl (C=O) groups excluding carboxylic acids is 1. The van der Waals surface area contributed by atoms with Gasteiger partial charge in [-0.25, -0.2) is 4.68 Å². The number of carbonyl (C=O) groups is 1. The number of nitrogens with one attached hydrogen (secondary N) is 1. The SMILES string of the molecule is O=C(/C=C(/c1ccccc1)C(F)(F)F)NCCc1ccc(-n2cccn2)cc1. The third-order valence-electron chi connectivity index (χ3n) is 4.08. The minimum atomic E-state index is -4.61. The van der Waals surface area contributed by atoms with E-state index in [4.69, 9.17) is 0 Å². The van der Waals surface area contributed by atoms with Gasteiger partial charge in [0.1, 0.15) is 0 Å². The first-order valence-electron chi connectivity index (χ1n) is 8.64. The third kappa shape index (κ3) is 5.09. The quantitative estimate of drug-likeness (QED) is 0.647. The van der Waals surface area contributed by atoms with Gasteiger partial charge in [0.05, 0.1) is 11.3 Å². The highest BCUT2D eigenvalue weighted by Gasteiger charge is 2.35. The second kappa shape index (κ2) is 8.56. The van der Waals surface area contributed by atoms with Crippen LogP contribution >= 0.6 is 0 Å². The summed E-state index contributed by atoms with van der Waals surface area (Å²) in [5.41, 5.74) is 0.853. The summed E-state index contributed by atoms with van der Waals surface area (Å²) in [6.07, 6.45) is 0.0109. The number of aromatic nitrogens is 2. The number of nitrogens with zero attached hydrogens (tertiary/aromatic N) is 2. The first kappa shape index (κ1) is 19.4. The average Bonchev–Trinajstić information content (AvgIpc) is 3.21. The Labute approximate surface area is 160 Å². The Balaban J connectivity index is 1.59. The normalized spacial score (nSPS) is 12.0. The molecule has 3 rings (SSSR count). The second-order valence-electron chi connectivity index (χ2n) is 6.08. The number of rotatable bonds is 6. The summed E-state index contributed by atoms with van der Waals surface area (Å²) in [5, 5.41) is 6.65. The number of amides is 1. The van der Waals surface area contributed by atoms with Crippen LogP contribution in [0.2, 0.25) is 0 Å². The lowest BCUT2D eigenvalue weighted by Gasteiger charge is -2.12. The summed E-state index contributed by atoms with van der Waals surface area (Å²) in [7, 11) is 0. The van der Waals surface area contributed by atoms with Crippen molar-refractivity contribution < 1.29 is 18.0 Å². The standard InChI is InChI=1S/C21H18F3N3O/c22-21(23,24)19(17-5-2-1-3-6-17)15-20(28)25-13-11-16-7-9-18(10-8-16)27-14-4-12-26-27/h1-10,12,14-15H,11,13H2,(H,25,28)/b19-15-. The van der Waals surface area contributed by atoms with E-state index < -0.39 is 17.7 Å². The smallest absolute Gasteiger partial charge is 0.352 e. The number of hydrogen-bond donors (Lipinski definition) is 1. The average molecular weight is 385 g/mol. The van der Waals surface area contributed by atoms with Crippen LogP contribution in [-0.2, 0) is 11.2 Å². The number of alkyl halides is 3. The number of allylic oxidation sites excluding steroid dienone is 1. The van der Waals surface area contributed by atoms with Crippen LogP contribution in [0.3, 0.4) is 0 Å². The molecule has 7 heteroatoms. The predicted octanol–water partition coefficient (Wildman–Crippen LogP) is 4.18. The molecule has 0 saturated carbocycles. The van der Waals surface area contributed by atoms with Crippen molar-refractivity contribution in [3.8, 4) is 5.69 Å². The highest BCUT2D eigenvalue weighted by atomic mass is 19.4. The molecule has 4 nitrogen and oxygen atoms in total. The second-order valence-corrected chi connectivity index (χ2v) is 6.08. The molecule has 0 atom stereocenters. The molecular formula is C21H18F3N3O. The summed E-state index contributed by atoms with van der Waals surface area (Å²) in [4.78, 5) is 12.0. The molecule has 1 amide bonds. The minimum absolute atomic E-state index is 0.0423. The lowest BCUT2D eigenvalue weighted by atomic mass is 10.1. The van der Waals surface area contributed by atoms with Gasteiger partial charge in [0.15, 0.2) is 0 Å². The molecule has 0 aliphatic heterocycles. The fourth-order valence-electron chi connectivity index (χ4n) is 2.70. The molecule has 1 N–H and O–H groups in total. The van der Waals surface area contributed by atoms with Crippen molar-refractivity contribution in [1.29, 1.82) is 0 Å². The molecule has 0 unspecified atom stereocenters. The number of hydrogen-bond acceptors (Lipinski definition) is 2. The fourth-order valence-corrected chi connectivity index (χ4v) is 2.70. The summed E-state index contributed by atoms with van der Waals surface area (Å²) < 4.78 is 41.5. The Hall–Kier alpha value is -3.35. The first-order valence-corrected chi connectivity index (χ1v) is 8.64. The molecule has 0 aliphatic rings. The molecule has 2 aromatic carbocycles. The molecular weight excluding hydrogens is 367 g/mol. The van der Waals surface area contributed by atoms with Gasteiger partial charge >= 0.3 is 6.18 Å². The summed E-state index contributed by atoms with van der Waals surface area (Å²) in [5.74, 6) is -0.774. The van der Waals surface area contributed by atoms with Crippen LogP contribution in [0.1, 0.15) is 11.1 Å². The molecule has 0 spiro atoms. The number of halogens is 3. The van der Waals surface area contributed by atoms with E-state index in [9.17, 15) is 18.0 Å². The predicted molar refractivity (Wildman–Crippen MR) is 101 cm³/mol. The van der Waals surface area contributed by atoms with Crippen LogP contribution in [0.25, 0.3) is 11.3 Å². The van der Waals surface area contributed by atoms with Gasteiger partial charge in [0, 0.05) is 25.0 Å². The maximum Gasteiger partial charge on any atom is 0.417 e. The summed E-state index contributed by atoms with van der Waals surface area (Å²) in [6, 6.07) is 16.7. The van der Waals surface area contributed by atoms with Gasteiger partial charge in [-0.05, 0) is 35.7 Å². The van der Waals surface area contributed by atoms with Gasteiger partial charge in [-0.15, -0.1) is 0 Å². The van der Waals surface area contributed by atoms with E-state index >= 15 is 0 Å². The Morgan fingerprint density at radius 2 is 1.75 bits per heavy atom. The zero-order valence-corrected chi connectivity index (χ0v) is 14.9. The Bertz CT molecular complexity index is 931. The van der Waals surface area contributed by atoms with Crippen molar-refractivity contribution in [1.82, 2.24) is 15.1 Å². The highest BCUT2D eigenvalue weighted by Crippen LogP contribution is 2.33. The van der Waals surface area contributed by atoms with Gasteiger partial charge < -0.3 is 5.32 Å². The van der Waals surface area contributed by atoms with Crippen LogP contribution in [-0.4, -0.2) is 28.4 Å². The molecule has 3 aromatic rings. The van der Waals surface area contributed by atoms with Crippen LogP contribution in [0, 0.1) is 0 Å². The van der Waals surface area contributed by atoms with Gasteiger partial charge in [-0.3, -0.25) is 4.79 Å². The zero-order valence-electron chi connectivity index (χ0n) is 14.9. The van der Waals surface area contributed by atoms with Gasteiger partial charge in [-0.1, -0.05) is 42.5 Å². The lowest BCUT2D eigenvalue weighted by molar-refractivity contribution is -0.116. The molecule has 0 saturated heterocycles. The molecule has 0 aliphatic carbocycles. The Kier molecular flexibility index (Phi) is 5.93. The maximum absolute atomic E-state index is 13.3. The van der Waals surface area contributed by atoms with Gasteiger partial charge in [0.2, 0.25) is 5.91 Å². The van der Waals surface area contributed by atoms with Crippen molar-refractivity contribution in [2.24, 2.45) is 0 Å². The van der Waals surface area contributed by atoms with Crippen LogP contribution < -0.4 is 5.32 Å². The molecule has 0 radical (unpaired) electrons.